The van der Waals surface area contributed by atoms with Crippen molar-refractivity contribution in [2.75, 3.05) is 11.9 Å². The largest absolute Gasteiger partial charge is 0.358 e. The van der Waals surface area contributed by atoms with Gasteiger partial charge in [-0.3, -0.25) is 9.59 Å². The Hall–Kier alpha value is -2.68. The van der Waals surface area contributed by atoms with E-state index >= 15 is 0 Å². The summed E-state index contributed by atoms with van der Waals surface area (Å²) in [6.45, 7) is 2.10. The minimum atomic E-state index is -0.316. The normalized spacial score (nSPS) is 34.7. The minimum Gasteiger partial charge on any atom is -0.358 e. The van der Waals surface area contributed by atoms with E-state index in [0.29, 0.717) is 18.0 Å². The second-order valence-electron chi connectivity index (χ2n) is 8.91. The second kappa shape index (κ2) is 7.23. The molecule has 0 radical (unpaired) electrons. The summed E-state index contributed by atoms with van der Waals surface area (Å²) in [7, 11) is 0. The quantitative estimate of drug-likeness (QED) is 0.682. The number of hydrogen-bond donors (Lipinski definition) is 3. The highest BCUT2D eigenvalue weighted by Gasteiger charge is 2.57. The number of piperidine rings is 1. The van der Waals surface area contributed by atoms with Gasteiger partial charge in [-0.05, 0) is 50.7 Å². The Labute approximate surface area is 174 Å². The minimum absolute atomic E-state index is 0.0315. The van der Waals surface area contributed by atoms with E-state index in [4.69, 9.17) is 4.74 Å². The number of urea groups is 1. The van der Waals surface area contributed by atoms with E-state index in [1.165, 1.54) is 13.1 Å². The van der Waals surface area contributed by atoms with Crippen molar-refractivity contribution in [3.63, 3.8) is 0 Å². The smallest absolute Gasteiger partial charge is 0.317 e. The van der Waals surface area contributed by atoms with Gasteiger partial charge in [-0.15, -0.1) is 0 Å². The number of nitrogens with zero attached hydrogens (tertiary/aromatic N) is 2. The van der Waals surface area contributed by atoms with Crippen molar-refractivity contribution in [1.29, 1.82) is 0 Å². The Morgan fingerprint density at radius 3 is 2.67 bits per heavy atom. The average molecular weight is 413 g/mol. The third-order valence-electron chi connectivity index (χ3n) is 7.04. The lowest BCUT2D eigenvalue weighted by Crippen LogP contribution is -2.73. The maximum atomic E-state index is 13.3. The molecule has 4 atom stereocenters. The Morgan fingerprint density at radius 1 is 1.23 bits per heavy atom. The van der Waals surface area contributed by atoms with E-state index in [1.54, 1.807) is 12.1 Å². The molecule has 9 nitrogen and oxygen atoms in total. The summed E-state index contributed by atoms with van der Waals surface area (Å²) in [4.78, 5) is 43.0. The number of anilines is 1. The fraction of sp³-hybridized carbons (Fsp3) is 0.619. The number of amides is 4. The van der Waals surface area contributed by atoms with Crippen LogP contribution in [-0.4, -0.2) is 58.2 Å². The number of fused-ring (bicyclic) bond motifs is 4. The first kappa shape index (κ1) is 19.3. The first-order valence-electron chi connectivity index (χ1n) is 10.7. The fourth-order valence-electron chi connectivity index (χ4n) is 5.92. The molecule has 4 aliphatic rings. The lowest BCUT2D eigenvalue weighted by molar-refractivity contribution is -0.114. The number of nitrogens with one attached hydrogen (secondary N) is 3. The van der Waals surface area contributed by atoms with Crippen LogP contribution < -0.4 is 16.0 Å². The van der Waals surface area contributed by atoms with Crippen LogP contribution in [0.1, 0.15) is 55.8 Å². The van der Waals surface area contributed by atoms with Crippen LogP contribution in [0.3, 0.4) is 0 Å². The van der Waals surface area contributed by atoms with Gasteiger partial charge in [0.2, 0.25) is 5.91 Å². The van der Waals surface area contributed by atoms with Gasteiger partial charge in [-0.2, -0.15) is 0 Å². The van der Waals surface area contributed by atoms with Crippen molar-refractivity contribution >= 4 is 23.7 Å². The SMILES string of the molecule is CC(=O)Nc1ccc(C(=O)N2[C@H]3CC[C@H]2CC2(C3)NC(=O)N[C@H]3OCCC[C@H]32)cn1. The molecule has 0 aromatic carbocycles. The number of rotatable bonds is 2. The third-order valence-corrected chi connectivity index (χ3v) is 7.04. The number of aromatic nitrogens is 1. The summed E-state index contributed by atoms with van der Waals surface area (Å²) in [6.07, 6.45) is 6.68. The van der Waals surface area contributed by atoms with Crippen LogP contribution in [0.5, 0.6) is 0 Å². The summed E-state index contributed by atoms with van der Waals surface area (Å²) < 4.78 is 5.86. The van der Waals surface area contributed by atoms with Crippen molar-refractivity contribution in [2.24, 2.45) is 5.92 Å². The Bertz CT molecular complexity index is 859. The van der Waals surface area contributed by atoms with Crippen molar-refractivity contribution in [3.05, 3.63) is 23.9 Å². The average Bonchev–Trinajstić information content (AvgIpc) is 2.99. The van der Waals surface area contributed by atoms with Crippen LogP contribution in [0.2, 0.25) is 0 Å². The van der Waals surface area contributed by atoms with E-state index in [9.17, 15) is 14.4 Å². The van der Waals surface area contributed by atoms with Gasteiger partial charge in [0.25, 0.3) is 5.91 Å². The number of pyridine rings is 1. The zero-order chi connectivity index (χ0) is 20.9. The predicted octanol–water partition coefficient (Wildman–Crippen LogP) is 1.61. The van der Waals surface area contributed by atoms with Gasteiger partial charge in [0.15, 0.2) is 0 Å². The molecule has 4 amide bonds. The molecule has 30 heavy (non-hydrogen) atoms. The molecule has 2 bridgehead atoms. The number of ether oxygens (including phenoxy) is 1. The molecule has 160 valence electrons. The Morgan fingerprint density at radius 2 is 2.00 bits per heavy atom. The topological polar surface area (TPSA) is 113 Å². The van der Waals surface area contributed by atoms with Crippen LogP contribution in [-0.2, 0) is 9.53 Å². The molecule has 9 heteroatoms. The molecule has 0 unspecified atom stereocenters. The molecule has 4 fully saturated rings. The summed E-state index contributed by atoms with van der Waals surface area (Å²) >= 11 is 0. The van der Waals surface area contributed by atoms with E-state index in [0.717, 1.165) is 38.5 Å². The van der Waals surface area contributed by atoms with Gasteiger partial charge in [-0.1, -0.05) is 0 Å². The molecule has 0 saturated carbocycles. The summed E-state index contributed by atoms with van der Waals surface area (Å²) in [5, 5.41) is 8.78. The third kappa shape index (κ3) is 3.21. The molecule has 0 aliphatic carbocycles. The molecular formula is C21H27N5O4. The molecule has 1 aromatic heterocycles. The first-order valence-corrected chi connectivity index (χ1v) is 10.7. The van der Waals surface area contributed by atoms with Crippen LogP contribution in [0.25, 0.3) is 0 Å². The standard InChI is InChI=1S/C21H27N5O4/c1-12(27)23-17-7-4-13(11-22-17)19(28)26-14-5-6-15(26)10-21(9-14)16-3-2-8-30-18(16)24-20(29)25-21/h4,7,11,14-16,18H,2-3,5-6,8-10H2,1H3,(H,22,23,27)(H2,24,25,29)/t14-,15-,16+,18-/m0/s1. The summed E-state index contributed by atoms with van der Waals surface area (Å²) in [5.41, 5.74) is 0.203. The molecule has 1 spiro atoms. The van der Waals surface area contributed by atoms with Crippen LogP contribution in [0.15, 0.2) is 18.3 Å². The molecule has 4 aliphatic heterocycles. The lowest BCUT2D eigenvalue weighted by Gasteiger charge is -2.55. The van der Waals surface area contributed by atoms with E-state index < -0.39 is 0 Å². The van der Waals surface area contributed by atoms with Crippen LogP contribution in [0, 0.1) is 5.92 Å². The van der Waals surface area contributed by atoms with Crippen molar-refractivity contribution < 1.29 is 19.1 Å². The zero-order valence-electron chi connectivity index (χ0n) is 17.0. The van der Waals surface area contributed by atoms with E-state index in [1.807, 2.05) is 4.90 Å². The summed E-state index contributed by atoms with van der Waals surface area (Å²) in [6, 6.07) is 3.37. The maximum Gasteiger partial charge on any atom is 0.317 e. The van der Waals surface area contributed by atoms with Gasteiger partial charge < -0.3 is 25.6 Å². The highest BCUT2D eigenvalue weighted by atomic mass is 16.5. The zero-order valence-corrected chi connectivity index (χ0v) is 17.0. The Kier molecular flexibility index (Phi) is 4.65. The second-order valence-corrected chi connectivity index (χ2v) is 8.91. The summed E-state index contributed by atoms with van der Waals surface area (Å²) in [5.74, 6) is 0.425. The molecule has 3 N–H and O–H groups in total. The van der Waals surface area contributed by atoms with Crippen molar-refractivity contribution in [2.45, 2.75) is 69.3 Å². The number of hydrogen-bond acceptors (Lipinski definition) is 5. The highest BCUT2D eigenvalue weighted by Crippen LogP contribution is 2.48. The molecular weight excluding hydrogens is 386 g/mol. The van der Waals surface area contributed by atoms with Crippen molar-refractivity contribution in [3.8, 4) is 0 Å². The molecule has 5 heterocycles. The predicted molar refractivity (Wildman–Crippen MR) is 108 cm³/mol. The monoisotopic (exact) mass is 413 g/mol. The molecule has 4 saturated heterocycles. The van der Waals surface area contributed by atoms with Gasteiger partial charge >= 0.3 is 6.03 Å². The van der Waals surface area contributed by atoms with Gasteiger partial charge in [-0.25, -0.2) is 9.78 Å². The number of carbonyl (C=O) groups is 3. The van der Waals surface area contributed by atoms with Crippen molar-refractivity contribution in [1.82, 2.24) is 20.5 Å². The van der Waals surface area contributed by atoms with Gasteiger partial charge in [0.1, 0.15) is 12.0 Å². The fourth-order valence-corrected chi connectivity index (χ4v) is 5.92. The van der Waals surface area contributed by atoms with Crippen LogP contribution in [0.4, 0.5) is 10.6 Å². The van der Waals surface area contributed by atoms with E-state index in [-0.39, 0.29) is 47.6 Å². The maximum absolute atomic E-state index is 13.3. The lowest BCUT2D eigenvalue weighted by atomic mass is 9.69. The van der Waals surface area contributed by atoms with E-state index in [2.05, 4.69) is 20.9 Å². The van der Waals surface area contributed by atoms with Crippen LogP contribution >= 0.6 is 0 Å². The highest BCUT2D eigenvalue weighted by molar-refractivity contribution is 5.95. The first-order chi connectivity index (χ1) is 14.4. The number of carbonyl (C=O) groups excluding carboxylic acids is 3. The molecule has 1 aromatic rings. The van der Waals surface area contributed by atoms with Gasteiger partial charge in [0, 0.05) is 37.7 Å². The Balaban J connectivity index is 1.36. The molecule has 5 rings (SSSR count). The van der Waals surface area contributed by atoms with Gasteiger partial charge in [0.05, 0.1) is 11.1 Å².